The first-order chi connectivity index (χ1) is 13.7. The molecule has 1 aliphatic heterocycles. The second-order valence-electron chi connectivity index (χ2n) is 6.49. The molecule has 2 aromatic carbocycles. The zero-order chi connectivity index (χ0) is 19.3. The molecule has 1 aliphatic rings. The first-order valence-corrected chi connectivity index (χ1v) is 8.99. The van der Waals surface area contributed by atoms with Crippen LogP contribution in [-0.4, -0.2) is 33.8 Å². The van der Waals surface area contributed by atoms with Crippen molar-refractivity contribution in [2.45, 2.75) is 13.1 Å². The van der Waals surface area contributed by atoms with E-state index in [4.69, 9.17) is 14.2 Å². The third-order valence-electron chi connectivity index (χ3n) is 4.52. The number of fused-ring (bicyclic) bond motifs is 1. The van der Waals surface area contributed by atoms with Crippen LogP contribution in [0.1, 0.15) is 11.4 Å². The number of amides is 1. The van der Waals surface area contributed by atoms with Gasteiger partial charge in [-0.3, -0.25) is 4.79 Å². The number of aryl methyl sites for hydroxylation is 1. The maximum Gasteiger partial charge on any atom is 0.261 e. The number of hydrogen-bond acceptors (Lipinski definition) is 5. The highest BCUT2D eigenvalue weighted by Crippen LogP contribution is 2.32. The van der Waals surface area contributed by atoms with E-state index in [9.17, 15) is 4.79 Å². The molecule has 4 rings (SSSR count). The van der Waals surface area contributed by atoms with Crippen molar-refractivity contribution in [3.05, 3.63) is 72.3 Å². The molecule has 144 valence electrons. The molecule has 2 heterocycles. The molecule has 0 radical (unpaired) electrons. The van der Waals surface area contributed by atoms with Crippen LogP contribution in [-0.2, 0) is 24.9 Å². The van der Waals surface area contributed by atoms with Gasteiger partial charge in [0, 0.05) is 26.0 Å². The molecule has 0 aliphatic carbocycles. The van der Waals surface area contributed by atoms with Crippen molar-refractivity contribution < 1.29 is 19.0 Å². The van der Waals surface area contributed by atoms with Crippen molar-refractivity contribution >= 4 is 5.91 Å². The summed E-state index contributed by atoms with van der Waals surface area (Å²) in [7, 11) is 1.91. The number of carbonyl (C=O) groups excluding carboxylic acids is 1. The third-order valence-corrected chi connectivity index (χ3v) is 4.52. The highest BCUT2D eigenvalue weighted by Gasteiger charge is 2.19. The van der Waals surface area contributed by atoms with Crippen LogP contribution in [0.4, 0.5) is 0 Å². The number of nitrogens with zero attached hydrogens (tertiary/aromatic N) is 3. The molecule has 0 saturated carbocycles. The van der Waals surface area contributed by atoms with E-state index in [-0.39, 0.29) is 19.3 Å². The monoisotopic (exact) mass is 379 g/mol. The molecule has 1 amide bonds. The number of ether oxygens (including phenoxy) is 3. The molecule has 0 atom stereocenters. The van der Waals surface area contributed by atoms with Gasteiger partial charge in [0.1, 0.15) is 11.6 Å². The summed E-state index contributed by atoms with van der Waals surface area (Å²) in [5.74, 6) is 2.76. The van der Waals surface area contributed by atoms with Crippen molar-refractivity contribution in [1.82, 2.24) is 14.5 Å². The second kappa shape index (κ2) is 8.04. The Morgan fingerprint density at radius 2 is 1.96 bits per heavy atom. The molecule has 0 spiro atoms. The molecule has 7 nitrogen and oxygen atoms in total. The Morgan fingerprint density at radius 1 is 1.14 bits per heavy atom. The fourth-order valence-corrected chi connectivity index (χ4v) is 2.96. The van der Waals surface area contributed by atoms with Gasteiger partial charge in [0.15, 0.2) is 18.1 Å². The number of benzene rings is 2. The standard InChI is InChI=1S/C21H21N3O4/c1-23-10-9-22-20(23)13-24(21(25)14-26-17-5-3-2-4-6-17)12-16-7-8-18-19(11-16)28-15-27-18/h2-11H,12-15H2,1H3. The van der Waals surface area contributed by atoms with E-state index in [1.807, 2.05) is 66.3 Å². The first kappa shape index (κ1) is 17.9. The number of hydrogen-bond donors (Lipinski definition) is 0. The van der Waals surface area contributed by atoms with Crippen LogP contribution >= 0.6 is 0 Å². The number of aromatic nitrogens is 2. The lowest BCUT2D eigenvalue weighted by molar-refractivity contribution is -0.134. The molecule has 3 aromatic rings. The van der Waals surface area contributed by atoms with Gasteiger partial charge in [-0.2, -0.15) is 0 Å². The minimum absolute atomic E-state index is 0.0427. The minimum atomic E-state index is -0.121. The van der Waals surface area contributed by atoms with E-state index in [1.54, 1.807) is 11.1 Å². The third kappa shape index (κ3) is 4.09. The summed E-state index contributed by atoms with van der Waals surface area (Å²) in [6, 6.07) is 15.0. The molecular weight excluding hydrogens is 358 g/mol. The van der Waals surface area contributed by atoms with Gasteiger partial charge in [-0.1, -0.05) is 24.3 Å². The zero-order valence-electron chi connectivity index (χ0n) is 15.6. The van der Waals surface area contributed by atoms with Gasteiger partial charge in [-0.25, -0.2) is 4.98 Å². The lowest BCUT2D eigenvalue weighted by Gasteiger charge is -2.23. The minimum Gasteiger partial charge on any atom is -0.484 e. The molecule has 7 heteroatoms. The van der Waals surface area contributed by atoms with E-state index >= 15 is 0 Å². The van der Waals surface area contributed by atoms with Crippen LogP contribution in [0.5, 0.6) is 17.2 Å². The lowest BCUT2D eigenvalue weighted by atomic mass is 10.2. The zero-order valence-corrected chi connectivity index (χ0v) is 15.6. The highest BCUT2D eigenvalue weighted by molar-refractivity contribution is 5.77. The van der Waals surface area contributed by atoms with Gasteiger partial charge < -0.3 is 23.7 Å². The van der Waals surface area contributed by atoms with Gasteiger partial charge >= 0.3 is 0 Å². The van der Waals surface area contributed by atoms with Crippen molar-refractivity contribution in [1.29, 1.82) is 0 Å². The summed E-state index contributed by atoms with van der Waals surface area (Å²) in [6.07, 6.45) is 3.58. The topological polar surface area (TPSA) is 65.8 Å². The molecular formula is C21H21N3O4. The van der Waals surface area contributed by atoms with Crippen LogP contribution in [0.25, 0.3) is 0 Å². The number of rotatable bonds is 7. The van der Waals surface area contributed by atoms with E-state index in [0.717, 1.165) is 17.1 Å². The van der Waals surface area contributed by atoms with Crippen LogP contribution < -0.4 is 14.2 Å². The van der Waals surface area contributed by atoms with E-state index in [0.29, 0.717) is 24.6 Å². The summed E-state index contributed by atoms with van der Waals surface area (Å²) < 4.78 is 18.4. The van der Waals surface area contributed by atoms with E-state index in [1.165, 1.54) is 0 Å². The van der Waals surface area contributed by atoms with Gasteiger partial charge in [0.25, 0.3) is 5.91 Å². The van der Waals surface area contributed by atoms with Crippen molar-refractivity contribution in [2.75, 3.05) is 13.4 Å². The van der Waals surface area contributed by atoms with Gasteiger partial charge in [-0.15, -0.1) is 0 Å². The first-order valence-electron chi connectivity index (χ1n) is 8.99. The molecule has 1 aromatic heterocycles. The fraction of sp³-hybridized carbons (Fsp3) is 0.238. The van der Waals surface area contributed by atoms with Crippen LogP contribution in [0.15, 0.2) is 60.9 Å². The lowest BCUT2D eigenvalue weighted by Crippen LogP contribution is -2.34. The Kier molecular flexibility index (Phi) is 5.14. The Hall–Kier alpha value is -3.48. The molecule has 28 heavy (non-hydrogen) atoms. The average Bonchev–Trinajstić information content (AvgIpc) is 3.35. The predicted molar refractivity (Wildman–Crippen MR) is 102 cm³/mol. The Morgan fingerprint density at radius 3 is 2.75 bits per heavy atom. The molecule has 0 unspecified atom stereocenters. The number of para-hydroxylation sites is 1. The van der Waals surface area contributed by atoms with E-state index < -0.39 is 0 Å². The van der Waals surface area contributed by atoms with E-state index in [2.05, 4.69) is 4.98 Å². The molecule has 0 saturated heterocycles. The number of imidazole rings is 1. The number of carbonyl (C=O) groups is 1. The van der Waals surface area contributed by atoms with Gasteiger partial charge in [0.2, 0.25) is 6.79 Å². The maximum absolute atomic E-state index is 12.9. The summed E-state index contributed by atoms with van der Waals surface area (Å²) in [4.78, 5) is 19.0. The van der Waals surface area contributed by atoms with Gasteiger partial charge in [0.05, 0.1) is 6.54 Å². The highest BCUT2D eigenvalue weighted by atomic mass is 16.7. The van der Waals surface area contributed by atoms with Gasteiger partial charge in [-0.05, 0) is 29.8 Å². The Balaban J connectivity index is 1.49. The Bertz CT molecular complexity index is 955. The van der Waals surface area contributed by atoms with Crippen molar-refractivity contribution in [3.63, 3.8) is 0 Å². The predicted octanol–water partition coefficient (Wildman–Crippen LogP) is 2.76. The average molecular weight is 379 g/mol. The molecule has 0 bridgehead atoms. The summed E-state index contributed by atoms with van der Waals surface area (Å²) in [5.41, 5.74) is 0.950. The molecule has 0 N–H and O–H groups in total. The maximum atomic E-state index is 12.9. The molecule has 0 fully saturated rings. The van der Waals surface area contributed by atoms with Crippen molar-refractivity contribution in [2.24, 2.45) is 7.05 Å². The smallest absolute Gasteiger partial charge is 0.261 e. The summed E-state index contributed by atoms with van der Waals surface area (Å²) in [6.45, 7) is 0.980. The largest absolute Gasteiger partial charge is 0.484 e. The van der Waals surface area contributed by atoms with Crippen LogP contribution in [0.2, 0.25) is 0 Å². The van der Waals surface area contributed by atoms with Crippen molar-refractivity contribution in [3.8, 4) is 17.2 Å². The quantitative estimate of drug-likeness (QED) is 0.632. The SMILES string of the molecule is Cn1ccnc1CN(Cc1ccc2c(c1)OCO2)C(=O)COc1ccccc1. The van der Waals surface area contributed by atoms with Crippen LogP contribution in [0, 0.1) is 0 Å². The summed E-state index contributed by atoms with van der Waals surface area (Å²) >= 11 is 0. The normalized spacial score (nSPS) is 12.0. The summed E-state index contributed by atoms with van der Waals surface area (Å²) in [5, 5.41) is 0. The van der Waals surface area contributed by atoms with Crippen LogP contribution in [0.3, 0.4) is 0 Å². The fourth-order valence-electron chi connectivity index (χ4n) is 2.96. The Labute approximate surface area is 163 Å². The second-order valence-corrected chi connectivity index (χ2v) is 6.49.